The fraction of sp³-hybridized carbons (Fsp3) is 0.500. The number of carbonyl (C=O) groups is 2. The molecule has 1 aliphatic heterocycles. The zero-order valence-electron chi connectivity index (χ0n) is 16.9. The molecule has 1 unspecified atom stereocenters. The monoisotopic (exact) mass is 450 g/mol. The average molecular weight is 451 g/mol. The van der Waals surface area contributed by atoms with Crippen LogP contribution in [0.5, 0.6) is 5.75 Å². The Bertz CT molecular complexity index is 822. The van der Waals surface area contributed by atoms with Crippen molar-refractivity contribution in [2.24, 2.45) is 0 Å². The third-order valence-corrected chi connectivity index (χ3v) is 6.36. The van der Waals surface area contributed by atoms with Gasteiger partial charge in [0.15, 0.2) is 4.34 Å². The third kappa shape index (κ3) is 7.26. The first kappa shape index (κ1) is 22.5. The summed E-state index contributed by atoms with van der Waals surface area (Å²) in [6.45, 7) is 4.08. The van der Waals surface area contributed by atoms with E-state index in [1.165, 1.54) is 23.1 Å². The zero-order chi connectivity index (χ0) is 21.2. The van der Waals surface area contributed by atoms with Crippen LogP contribution in [-0.4, -0.2) is 53.6 Å². The number of anilines is 1. The molecule has 2 N–H and O–H groups in total. The van der Waals surface area contributed by atoms with E-state index in [9.17, 15) is 9.59 Å². The highest BCUT2D eigenvalue weighted by Crippen LogP contribution is 2.26. The van der Waals surface area contributed by atoms with Gasteiger partial charge in [0.1, 0.15) is 5.75 Å². The predicted octanol–water partition coefficient (Wildman–Crippen LogP) is 3.36. The molecular weight excluding hydrogens is 424 g/mol. The summed E-state index contributed by atoms with van der Waals surface area (Å²) < 4.78 is 11.7. The smallest absolute Gasteiger partial charge is 0.257 e. The number of hydrogen-bond donors (Lipinski definition) is 2. The molecule has 2 aromatic rings. The molecule has 10 heteroatoms. The molecule has 1 fully saturated rings. The largest absolute Gasteiger partial charge is 0.494 e. The van der Waals surface area contributed by atoms with E-state index in [0.29, 0.717) is 28.2 Å². The number of aromatic nitrogens is 2. The molecule has 1 aromatic carbocycles. The van der Waals surface area contributed by atoms with Gasteiger partial charge in [0, 0.05) is 18.7 Å². The van der Waals surface area contributed by atoms with Crippen molar-refractivity contribution >= 4 is 40.0 Å². The minimum Gasteiger partial charge on any atom is -0.494 e. The Labute approximate surface area is 184 Å². The van der Waals surface area contributed by atoms with Crippen molar-refractivity contribution < 1.29 is 19.1 Å². The lowest BCUT2D eigenvalue weighted by atomic mass is 10.2. The van der Waals surface area contributed by atoms with Gasteiger partial charge in [-0.3, -0.25) is 14.9 Å². The third-order valence-electron chi connectivity index (χ3n) is 4.39. The molecular formula is C20H26N4O4S2. The highest BCUT2D eigenvalue weighted by molar-refractivity contribution is 8.01. The second kappa shape index (κ2) is 11.9. The van der Waals surface area contributed by atoms with Crippen LogP contribution in [0.25, 0.3) is 0 Å². The van der Waals surface area contributed by atoms with Crippen molar-refractivity contribution in [2.75, 3.05) is 30.8 Å². The molecule has 0 saturated carbocycles. The van der Waals surface area contributed by atoms with Crippen molar-refractivity contribution in [3.63, 3.8) is 0 Å². The molecule has 1 aromatic heterocycles. The number of benzene rings is 1. The van der Waals surface area contributed by atoms with Gasteiger partial charge in [0.25, 0.3) is 5.91 Å². The molecule has 2 amide bonds. The first-order chi connectivity index (χ1) is 14.6. The van der Waals surface area contributed by atoms with Crippen molar-refractivity contribution in [3.05, 3.63) is 29.8 Å². The number of thioether (sulfide) groups is 1. The first-order valence-corrected chi connectivity index (χ1v) is 11.8. The van der Waals surface area contributed by atoms with E-state index >= 15 is 0 Å². The van der Waals surface area contributed by atoms with Crippen LogP contribution in [0.2, 0.25) is 0 Å². The summed E-state index contributed by atoms with van der Waals surface area (Å²) in [5, 5.41) is 14.0. The summed E-state index contributed by atoms with van der Waals surface area (Å²) in [6, 6.07) is 6.99. The first-order valence-electron chi connectivity index (χ1n) is 10.0. The van der Waals surface area contributed by atoms with Crippen LogP contribution in [-0.2, 0) is 9.53 Å². The standard InChI is InChI=1S/C20H26N4O4S2/c1-2-3-10-27-15-8-6-14(7-9-15)18(26)22-19-23-24-20(30-19)29-13-17(25)21-12-16-5-4-11-28-16/h6-9,16H,2-5,10-13H2,1H3,(H,21,25)(H,22,23,26). The maximum atomic E-state index is 12.4. The van der Waals surface area contributed by atoms with Gasteiger partial charge in [0.05, 0.1) is 18.5 Å². The molecule has 162 valence electrons. The normalized spacial score (nSPS) is 15.7. The van der Waals surface area contributed by atoms with Crippen LogP contribution in [0.4, 0.5) is 5.13 Å². The second-order valence-electron chi connectivity index (χ2n) is 6.78. The van der Waals surface area contributed by atoms with Gasteiger partial charge in [-0.25, -0.2) is 0 Å². The Kier molecular flexibility index (Phi) is 8.91. The maximum absolute atomic E-state index is 12.4. The van der Waals surface area contributed by atoms with E-state index in [0.717, 1.165) is 38.0 Å². The minimum atomic E-state index is -0.267. The summed E-state index contributed by atoms with van der Waals surface area (Å²) in [6.07, 6.45) is 4.23. The lowest BCUT2D eigenvalue weighted by Crippen LogP contribution is -2.32. The number of carbonyl (C=O) groups excluding carboxylic acids is 2. The second-order valence-corrected chi connectivity index (χ2v) is 8.98. The minimum absolute atomic E-state index is 0.0717. The SMILES string of the molecule is CCCCOc1ccc(C(=O)Nc2nnc(SCC(=O)NCC3CCCO3)s2)cc1. The molecule has 1 saturated heterocycles. The molecule has 30 heavy (non-hydrogen) atoms. The van der Waals surface area contributed by atoms with E-state index in [-0.39, 0.29) is 23.7 Å². The highest BCUT2D eigenvalue weighted by Gasteiger charge is 2.17. The van der Waals surface area contributed by atoms with Gasteiger partial charge in [-0.2, -0.15) is 0 Å². The number of rotatable bonds is 11. The predicted molar refractivity (Wildman–Crippen MR) is 117 cm³/mol. The van der Waals surface area contributed by atoms with Crippen LogP contribution < -0.4 is 15.4 Å². The van der Waals surface area contributed by atoms with Gasteiger partial charge in [0.2, 0.25) is 11.0 Å². The fourth-order valence-electron chi connectivity index (χ4n) is 2.74. The number of hydrogen-bond acceptors (Lipinski definition) is 8. The summed E-state index contributed by atoms with van der Waals surface area (Å²) in [7, 11) is 0. The molecule has 1 atom stereocenters. The molecule has 0 bridgehead atoms. The van der Waals surface area contributed by atoms with E-state index < -0.39 is 0 Å². The average Bonchev–Trinajstić information content (AvgIpc) is 3.43. The van der Waals surface area contributed by atoms with Crippen molar-refractivity contribution in [1.29, 1.82) is 0 Å². The Balaban J connectivity index is 1.40. The van der Waals surface area contributed by atoms with Crippen LogP contribution >= 0.6 is 23.1 Å². The van der Waals surface area contributed by atoms with Crippen LogP contribution in [0.3, 0.4) is 0 Å². The van der Waals surface area contributed by atoms with Crippen LogP contribution in [0.1, 0.15) is 43.0 Å². The maximum Gasteiger partial charge on any atom is 0.257 e. The van der Waals surface area contributed by atoms with Crippen LogP contribution in [0, 0.1) is 0 Å². The molecule has 0 spiro atoms. The molecule has 1 aliphatic rings. The van der Waals surface area contributed by atoms with Gasteiger partial charge < -0.3 is 14.8 Å². The Hall–Kier alpha value is -2.17. The topological polar surface area (TPSA) is 102 Å². The van der Waals surface area contributed by atoms with Crippen LogP contribution in [0.15, 0.2) is 28.6 Å². The lowest BCUT2D eigenvalue weighted by Gasteiger charge is -2.09. The fourth-order valence-corrected chi connectivity index (χ4v) is 4.31. The lowest BCUT2D eigenvalue weighted by molar-refractivity contribution is -0.119. The van der Waals surface area contributed by atoms with E-state index in [1.807, 2.05) is 0 Å². The molecule has 2 heterocycles. The van der Waals surface area contributed by atoms with E-state index in [2.05, 4.69) is 27.8 Å². The summed E-state index contributed by atoms with van der Waals surface area (Å²) >= 11 is 2.53. The number of ether oxygens (including phenoxy) is 2. The van der Waals surface area contributed by atoms with Gasteiger partial charge in [-0.1, -0.05) is 36.4 Å². The quantitative estimate of drug-likeness (QED) is 0.307. The van der Waals surface area contributed by atoms with Crippen molar-refractivity contribution in [2.45, 2.75) is 43.1 Å². The summed E-state index contributed by atoms with van der Waals surface area (Å²) in [4.78, 5) is 24.3. The molecule has 8 nitrogen and oxygen atoms in total. The van der Waals surface area contributed by atoms with Crippen molar-refractivity contribution in [1.82, 2.24) is 15.5 Å². The number of amides is 2. The van der Waals surface area contributed by atoms with Gasteiger partial charge >= 0.3 is 0 Å². The van der Waals surface area contributed by atoms with Crippen molar-refractivity contribution in [3.8, 4) is 5.75 Å². The van der Waals surface area contributed by atoms with E-state index in [1.54, 1.807) is 24.3 Å². The Morgan fingerprint density at radius 2 is 2.13 bits per heavy atom. The molecule has 0 radical (unpaired) electrons. The number of nitrogens with one attached hydrogen (secondary N) is 2. The summed E-state index contributed by atoms with van der Waals surface area (Å²) in [5.74, 6) is 0.649. The molecule has 0 aliphatic carbocycles. The van der Waals surface area contributed by atoms with Gasteiger partial charge in [-0.05, 0) is 43.5 Å². The summed E-state index contributed by atoms with van der Waals surface area (Å²) in [5.41, 5.74) is 0.510. The Morgan fingerprint density at radius 1 is 1.30 bits per heavy atom. The highest BCUT2D eigenvalue weighted by atomic mass is 32.2. The van der Waals surface area contributed by atoms with E-state index in [4.69, 9.17) is 9.47 Å². The molecule has 3 rings (SSSR count). The van der Waals surface area contributed by atoms with Gasteiger partial charge in [-0.15, -0.1) is 10.2 Å². The Morgan fingerprint density at radius 3 is 2.87 bits per heavy atom. The number of unbranched alkanes of at least 4 members (excludes halogenated alkanes) is 1. The number of nitrogens with zero attached hydrogens (tertiary/aromatic N) is 2. The zero-order valence-corrected chi connectivity index (χ0v) is 18.5.